The molecule has 1 fully saturated rings. The predicted molar refractivity (Wildman–Crippen MR) is 53.1 cm³/mol. The van der Waals surface area contributed by atoms with Crippen LogP contribution in [0.1, 0.15) is 19.1 Å². The smallest absolute Gasteiger partial charge is 0.351 e. The minimum Gasteiger partial charge on any atom is -0.394 e. The van der Waals surface area contributed by atoms with Gasteiger partial charge >= 0.3 is 5.69 Å². The molecule has 2 atom stereocenters. The number of aliphatic hydroxyl groups excluding tert-OH is 1. The molecule has 0 spiro atoms. The third-order valence-corrected chi connectivity index (χ3v) is 2.53. The van der Waals surface area contributed by atoms with Crippen molar-refractivity contribution in [2.75, 3.05) is 12.3 Å². The highest BCUT2D eigenvalue weighted by Gasteiger charge is 2.27. The molecule has 3 N–H and O–H groups in total. The van der Waals surface area contributed by atoms with Crippen LogP contribution in [0.3, 0.4) is 0 Å². The first-order chi connectivity index (χ1) is 7.61. The van der Waals surface area contributed by atoms with Gasteiger partial charge in [0.25, 0.3) is 0 Å². The molecule has 88 valence electrons. The Balaban J connectivity index is 2.28. The first-order valence-corrected chi connectivity index (χ1v) is 4.92. The van der Waals surface area contributed by atoms with E-state index in [-0.39, 0.29) is 12.7 Å². The fourth-order valence-corrected chi connectivity index (χ4v) is 1.69. The summed E-state index contributed by atoms with van der Waals surface area (Å²) in [6.45, 7) is -0.115. The Bertz CT molecular complexity index is 448. The maximum absolute atomic E-state index is 13.1. The molecule has 1 aliphatic rings. The van der Waals surface area contributed by atoms with Gasteiger partial charge in [0.1, 0.15) is 6.23 Å². The SMILES string of the molecule is Nc1nc(=O)n([C@H]2CC[C@H](CO)O2)cc1F. The molecule has 0 radical (unpaired) electrons. The predicted octanol–water partition coefficient (Wildman–Crippen LogP) is -0.366. The summed E-state index contributed by atoms with van der Waals surface area (Å²) in [5, 5.41) is 8.88. The van der Waals surface area contributed by atoms with Crippen molar-refractivity contribution in [3.05, 3.63) is 22.5 Å². The van der Waals surface area contributed by atoms with Crippen LogP contribution in [-0.2, 0) is 4.74 Å². The van der Waals surface area contributed by atoms with Crippen LogP contribution < -0.4 is 11.4 Å². The number of nitrogen functional groups attached to an aromatic ring is 1. The quantitative estimate of drug-likeness (QED) is 0.722. The molecular weight excluding hydrogens is 217 g/mol. The normalized spacial score (nSPS) is 24.9. The average molecular weight is 229 g/mol. The first-order valence-electron chi connectivity index (χ1n) is 4.92. The first kappa shape index (κ1) is 11.0. The number of hydrogen-bond donors (Lipinski definition) is 2. The van der Waals surface area contributed by atoms with Gasteiger partial charge in [0.15, 0.2) is 11.6 Å². The highest BCUT2D eigenvalue weighted by atomic mass is 19.1. The third-order valence-electron chi connectivity index (χ3n) is 2.53. The topological polar surface area (TPSA) is 90.4 Å². The van der Waals surface area contributed by atoms with Crippen molar-refractivity contribution in [1.29, 1.82) is 0 Å². The van der Waals surface area contributed by atoms with Crippen LogP contribution >= 0.6 is 0 Å². The molecule has 0 unspecified atom stereocenters. The van der Waals surface area contributed by atoms with Crippen molar-refractivity contribution in [2.24, 2.45) is 0 Å². The van der Waals surface area contributed by atoms with Crippen molar-refractivity contribution in [2.45, 2.75) is 25.2 Å². The molecule has 1 saturated heterocycles. The Morgan fingerprint density at radius 2 is 2.44 bits per heavy atom. The van der Waals surface area contributed by atoms with Crippen LogP contribution in [0.2, 0.25) is 0 Å². The number of anilines is 1. The van der Waals surface area contributed by atoms with E-state index in [1.807, 2.05) is 0 Å². The van der Waals surface area contributed by atoms with E-state index in [9.17, 15) is 9.18 Å². The fourth-order valence-electron chi connectivity index (χ4n) is 1.69. The number of ether oxygens (including phenoxy) is 1. The van der Waals surface area contributed by atoms with Gasteiger partial charge in [0.05, 0.1) is 18.9 Å². The Morgan fingerprint density at radius 1 is 1.69 bits per heavy atom. The van der Waals surface area contributed by atoms with E-state index in [0.717, 1.165) is 10.8 Å². The molecule has 1 aromatic heterocycles. The fraction of sp³-hybridized carbons (Fsp3) is 0.556. The number of nitrogens with two attached hydrogens (primary N) is 1. The zero-order chi connectivity index (χ0) is 11.7. The number of halogens is 1. The molecule has 0 bridgehead atoms. The maximum Gasteiger partial charge on any atom is 0.351 e. The molecule has 0 amide bonds. The van der Waals surface area contributed by atoms with E-state index < -0.39 is 23.6 Å². The van der Waals surface area contributed by atoms with Gasteiger partial charge in [0.2, 0.25) is 0 Å². The van der Waals surface area contributed by atoms with Gasteiger partial charge in [-0.2, -0.15) is 4.98 Å². The van der Waals surface area contributed by atoms with Gasteiger partial charge in [-0.3, -0.25) is 4.57 Å². The lowest BCUT2D eigenvalue weighted by Crippen LogP contribution is -2.28. The van der Waals surface area contributed by atoms with Gasteiger partial charge in [0, 0.05) is 0 Å². The summed E-state index contributed by atoms with van der Waals surface area (Å²) >= 11 is 0. The maximum atomic E-state index is 13.1. The van der Waals surface area contributed by atoms with Crippen LogP contribution in [0.25, 0.3) is 0 Å². The van der Waals surface area contributed by atoms with Crippen molar-refractivity contribution in [3.63, 3.8) is 0 Å². The molecule has 7 heteroatoms. The van der Waals surface area contributed by atoms with E-state index in [1.54, 1.807) is 0 Å². The molecule has 6 nitrogen and oxygen atoms in total. The molecule has 1 aromatic rings. The minimum absolute atomic E-state index is 0.115. The molecule has 0 saturated carbocycles. The van der Waals surface area contributed by atoms with Crippen molar-refractivity contribution in [3.8, 4) is 0 Å². The standard InChI is InChI=1S/C9H12FN3O3/c10-6-3-13(9(15)12-8(6)11)7-2-1-5(4-14)16-7/h3,5,7,14H,1-2,4H2,(H2,11,12,15)/t5-,7-/m1/s1. The number of nitrogens with zero attached hydrogens (tertiary/aromatic N) is 2. The van der Waals surface area contributed by atoms with Gasteiger partial charge in [-0.15, -0.1) is 0 Å². The van der Waals surface area contributed by atoms with Gasteiger partial charge in [-0.1, -0.05) is 0 Å². The molecule has 2 rings (SSSR count). The van der Waals surface area contributed by atoms with Crippen molar-refractivity contribution < 1.29 is 14.2 Å². The summed E-state index contributed by atoms with van der Waals surface area (Å²) < 4.78 is 19.5. The Kier molecular flexibility index (Phi) is 2.88. The number of aromatic nitrogens is 2. The number of aliphatic hydroxyl groups is 1. The second kappa shape index (κ2) is 4.18. The molecule has 0 aliphatic carbocycles. The van der Waals surface area contributed by atoms with Gasteiger partial charge in [-0.25, -0.2) is 9.18 Å². The van der Waals surface area contributed by atoms with Gasteiger partial charge < -0.3 is 15.6 Å². The Hall–Kier alpha value is -1.47. The summed E-state index contributed by atoms with van der Waals surface area (Å²) in [6.07, 6.45) is 1.26. The number of hydrogen-bond acceptors (Lipinski definition) is 5. The zero-order valence-electron chi connectivity index (χ0n) is 8.47. The van der Waals surface area contributed by atoms with E-state index in [0.29, 0.717) is 12.8 Å². The highest BCUT2D eigenvalue weighted by molar-refractivity contribution is 5.26. The number of rotatable bonds is 2. The van der Waals surface area contributed by atoms with Crippen molar-refractivity contribution in [1.82, 2.24) is 9.55 Å². The molecule has 16 heavy (non-hydrogen) atoms. The average Bonchev–Trinajstić information content (AvgIpc) is 2.71. The lowest BCUT2D eigenvalue weighted by atomic mass is 10.2. The van der Waals surface area contributed by atoms with Gasteiger partial charge in [-0.05, 0) is 12.8 Å². The van der Waals surface area contributed by atoms with Crippen LogP contribution in [0.15, 0.2) is 11.0 Å². The van der Waals surface area contributed by atoms with Crippen LogP contribution in [0.4, 0.5) is 10.2 Å². The zero-order valence-corrected chi connectivity index (χ0v) is 8.47. The van der Waals surface area contributed by atoms with Crippen LogP contribution in [-0.4, -0.2) is 27.4 Å². The van der Waals surface area contributed by atoms with E-state index in [1.165, 1.54) is 0 Å². The Morgan fingerprint density at radius 3 is 3.06 bits per heavy atom. The second-order valence-electron chi connectivity index (χ2n) is 3.64. The summed E-state index contributed by atoms with van der Waals surface area (Å²) in [5.74, 6) is -1.17. The summed E-state index contributed by atoms with van der Waals surface area (Å²) in [6, 6.07) is 0. The minimum atomic E-state index is -0.754. The molecule has 0 aromatic carbocycles. The van der Waals surface area contributed by atoms with Crippen LogP contribution in [0.5, 0.6) is 0 Å². The lowest BCUT2D eigenvalue weighted by Gasteiger charge is -2.14. The monoisotopic (exact) mass is 229 g/mol. The van der Waals surface area contributed by atoms with E-state index >= 15 is 0 Å². The van der Waals surface area contributed by atoms with E-state index in [4.69, 9.17) is 15.6 Å². The largest absolute Gasteiger partial charge is 0.394 e. The summed E-state index contributed by atoms with van der Waals surface area (Å²) in [5.41, 5.74) is 4.51. The summed E-state index contributed by atoms with van der Waals surface area (Å²) in [7, 11) is 0. The second-order valence-corrected chi connectivity index (χ2v) is 3.64. The summed E-state index contributed by atoms with van der Waals surface area (Å²) in [4.78, 5) is 14.8. The van der Waals surface area contributed by atoms with Crippen molar-refractivity contribution >= 4 is 5.82 Å². The lowest BCUT2D eigenvalue weighted by molar-refractivity contribution is -0.0249. The van der Waals surface area contributed by atoms with Crippen LogP contribution in [0, 0.1) is 5.82 Å². The Labute approximate surface area is 90.5 Å². The third kappa shape index (κ3) is 1.91. The molecule has 2 heterocycles. The molecular formula is C9H12FN3O3. The highest BCUT2D eigenvalue weighted by Crippen LogP contribution is 2.26. The molecule has 1 aliphatic heterocycles. The van der Waals surface area contributed by atoms with E-state index in [2.05, 4.69) is 4.98 Å².